The highest BCUT2D eigenvalue weighted by atomic mass is 35.5. The van der Waals surface area contributed by atoms with Crippen LogP contribution in [-0.2, 0) is 11.3 Å². The predicted octanol–water partition coefficient (Wildman–Crippen LogP) is 7.25. The van der Waals surface area contributed by atoms with Crippen LogP contribution >= 0.6 is 46.6 Å². The second-order valence-corrected chi connectivity index (χ2v) is 9.82. The third kappa shape index (κ3) is 6.57. The van der Waals surface area contributed by atoms with Crippen LogP contribution in [0.2, 0.25) is 15.1 Å². The average Bonchev–Trinajstić information content (AvgIpc) is 3.19. The van der Waals surface area contributed by atoms with Crippen molar-refractivity contribution < 1.29 is 9.53 Å². The first-order chi connectivity index (χ1) is 15.7. The molecule has 1 unspecified atom stereocenters. The fourth-order valence-corrected chi connectivity index (χ4v) is 4.53. The molecule has 1 amide bonds. The van der Waals surface area contributed by atoms with Crippen molar-refractivity contribution in [2.24, 2.45) is 0 Å². The Kier molecular flexibility index (Phi) is 8.93. The molecule has 3 aromatic rings. The van der Waals surface area contributed by atoms with Gasteiger partial charge in [0.25, 0.3) is 0 Å². The summed E-state index contributed by atoms with van der Waals surface area (Å²) in [6, 6.07) is 11.1. The Morgan fingerprint density at radius 2 is 1.73 bits per heavy atom. The number of ether oxygens (including phenoxy) is 1. The van der Waals surface area contributed by atoms with Gasteiger partial charge in [0.05, 0.1) is 26.5 Å². The highest BCUT2D eigenvalue weighted by Crippen LogP contribution is 2.32. The number of carbonyl (C=O) groups excluding carboxylic acids is 1. The van der Waals surface area contributed by atoms with E-state index in [1.54, 1.807) is 0 Å². The molecule has 3 rings (SSSR count). The van der Waals surface area contributed by atoms with Crippen LogP contribution in [0.4, 0.5) is 5.69 Å². The van der Waals surface area contributed by atoms with Gasteiger partial charge < -0.3 is 14.6 Å². The number of thioether (sulfide) groups is 1. The fraction of sp³-hybridized carbons (Fsp3) is 0.348. The van der Waals surface area contributed by atoms with Gasteiger partial charge in [-0.25, -0.2) is 0 Å². The van der Waals surface area contributed by atoms with E-state index < -0.39 is 0 Å². The summed E-state index contributed by atoms with van der Waals surface area (Å²) in [4.78, 5) is 12.4. The fourth-order valence-electron chi connectivity index (χ4n) is 3.13. The third-order valence-electron chi connectivity index (χ3n) is 4.90. The van der Waals surface area contributed by atoms with Gasteiger partial charge in [0.1, 0.15) is 5.75 Å². The maximum Gasteiger partial charge on any atom is 0.234 e. The lowest BCUT2D eigenvalue weighted by Crippen LogP contribution is -2.15. The number of nitrogens with zero attached hydrogens (tertiary/aromatic N) is 3. The van der Waals surface area contributed by atoms with E-state index in [2.05, 4.69) is 41.5 Å². The molecule has 0 radical (unpaired) electrons. The topological polar surface area (TPSA) is 69.0 Å². The second-order valence-electron chi connectivity index (χ2n) is 7.65. The molecule has 0 aliphatic heterocycles. The van der Waals surface area contributed by atoms with Crippen LogP contribution in [0.3, 0.4) is 0 Å². The number of rotatable bonds is 9. The highest BCUT2D eigenvalue weighted by Gasteiger charge is 2.20. The zero-order chi connectivity index (χ0) is 24.1. The summed E-state index contributed by atoms with van der Waals surface area (Å²) in [6.07, 6.45) is -0.305. The number of carbonyl (C=O) groups is 1. The molecule has 1 heterocycles. The lowest BCUT2D eigenvalue weighted by molar-refractivity contribution is -0.113. The van der Waals surface area contributed by atoms with E-state index in [1.807, 2.05) is 30.5 Å². The molecule has 0 aliphatic rings. The summed E-state index contributed by atoms with van der Waals surface area (Å²) in [7, 11) is 0. The van der Waals surface area contributed by atoms with Crippen LogP contribution in [0.5, 0.6) is 5.75 Å². The quantitative estimate of drug-likeness (QED) is 0.234. The molecule has 1 atom stereocenters. The maximum absolute atomic E-state index is 12.4. The molecule has 10 heteroatoms. The first-order valence-corrected chi connectivity index (χ1v) is 12.6. The summed E-state index contributed by atoms with van der Waals surface area (Å²) < 4.78 is 8.02. The van der Waals surface area contributed by atoms with E-state index in [0.29, 0.717) is 44.2 Å². The van der Waals surface area contributed by atoms with E-state index in [0.717, 1.165) is 5.75 Å². The molecule has 0 saturated carbocycles. The van der Waals surface area contributed by atoms with Crippen molar-refractivity contribution in [3.05, 3.63) is 62.9 Å². The number of amides is 1. The minimum Gasteiger partial charge on any atom is -0.483 e. The number of hydrogen-bond donors (Lipinski definition) is 1. The summed E-state index contributed by atoms with van der Waals surface area (Å²) >= 11 is 19.4. The molecular weight excluding hydrogens is 503 g/mol. The van der Waals surface area contributed by atoms with Crippen molar-refractivity contribution in [3.8, 4) is 5.75 Å². The van der Waals surface area contributed by atoms with Crippen molar-refractivity contribution in [1.82, 2.24) is 14.8 Å². The second kappa shape index (κ2) is 11.5. The van der Waals surface area contributed by atoms with E-state index in [1.165, 1.54) is 29.5 Å². The Bertz CT molecular complexity index is 1120. The van der Waals surface area contributed by atoms with Crippen LogP contribution in [0.1, 0.15) is 51.1 Å². The smallest absolute Gasteiger partial charge is 0.234 e. The van der Waals surface area contributed by atoms with Crippen molar-refractivity contribution in [1.29, 1.82) is 0 Å². The van der Waals surface area contributed by atoms with E-state index in [-0.39, 0.29) is 17.8 Å². The van der Waals surface area contributed by atoms with Gasteiger partial charge in [-0.05, 0) is 49.6 Å². The van der Waals surface area contributed by atoms with Gasteiger partial charge >= 0.3 is 0 Å². The first-order valence-electron chi connectivity index (χ1n) is 10.5. The Morgan fingerprint density at radius 3 is 2.36 bits per heavy atom. The zero-order valence-corrected chi connectivity index (χ0v) is 21.8. The number of nitrogens with one attached hydrogen (secondary N) is 1. The molecular formula is C23H25Cl3N4O2S. The molecule has 33 heavy (non-hydrogen) atoms. The van der Waals surface area contributed by atoms with E-state index in [9.17, 15) is 4.79 Å². The summed E-state index contributed by atoms with van der Waals surface area (Å²) in [5.41, 5.74) is 1.66. The van der Waals surface area contributed by atoms with E-state index >= 15 is 0 Å². The molecule has 0 saturated heterocycles. The number of halogens is 3. The third-order valence-corrected chi connectivity index (χ3v) is 6.90. The first kappa shape index (κ1) is 25.7. The highest BCUT2D eigenvalue weighted by molar-refractivity contribution is 7.99. The van der Waals surface area contributed by atoms with E-state index in [4.69, 9.17) is 39.5 Å². The average molecular weight is 528 g/mol. The number of aromatic nitrogens is 3. The molecule has 0 aliphatic carbocycles. The Labute approximate surface area is 213 Å². The Hall–Kier alpha value is -1.93. The van der Waals surface area contributed by atoms with Crippen LogP contribution in [0, 0.1) is 0 Å². The van der Waals surface area contributed by atoms with Crippen molar-refractivity contribution >= 4 is 58.2 Å². The van der Waals surface area contributed by atoms with Gasteiger partial charge in [-0.2, -0.15) is 0 Å². The Balaban J connectivity index is 1.64. The summed E-state index contributed by atoms with van der Waals surface area (Å²) in [5.74, 6) is 1.80. The number of anilines is 1. The maximum atomic E-state index is 12.4. The molecule has 1 N–H and O–H groups in total. The standard InChI is InChI=1S/C23H25Cl3N4O2S/c1-5-30-22(14(4)32-16-8-6-15(7-9-16)13(2)3)28-29-23(30)33-12-21(31)27-20-11-18(25)17(24)10-19(20)26/h6-11,13-14H,5,12H2,1-4H3,(H,27,31). The van der Waals surface area contributed by atoms with Gasteiger partial charge in [-0.15, -0.1) is 10.2 Å². The number of benzene rings is 2. The minimum absolute atomic E-state index is 0.126. The zero-order valence-electron chi connectivity index (χ0n) is 18.7. The van der Waals surface area contributed by atoms with Crippen molar-refractivity contribution in [2.75, 3.05) is 11.1 Å². The van der Waals surface area contributed by atoms with Gasteiger partial charge in [0, 0.05) is 6.54 Å². The van der Waals surface area contributed by atoms with Crippen molar-refractivity contribution in [2.45, 2.75) is 51.4 Å². The molecule has 6 nitrogen and oxygen atoms in total. The van der Waals surface area contributed by atoms with Gasteiger partial charge in [0.2, 0.25) is 5.91 Å². The summed E-state index contributed by atoms with van der Waals surface area (Å²) in [5, 5.41) is 12.9. The van der Waals surface area contributed by atoms with Gasteiger partial charge in [0.15, 0.2) is 17.1 Å². The van der Waals surface area contributed by atoms with Crippen LogP contribution in [-0.4, -0.2) is 26.4 Å². The monoisotopic (exact) mass is 526 g/mol. The predicted molar refractivity (Wildman–Crippen MR) is 136 cm³/mol. The Morgan fingerprint density at radius 1 is 1.06 bits per heavy atom. The van der Waals surface area contributed by atoms with Crippen LogP contribution in [0.15, 0.2) is 41.6 Å². The molecule has 0 fully saturated rings. The lowest BCUT2D eigenvalue weighted by atomic mass is 10.0. The molecule has 0 bridgehead atoms. The molecule has 0 spiro atoms. The lowest BCUT2D eigenvalue weighted by Gasteiger charge is -2.16. The normalized spacial score (nSPS) is 12.1. The largest absolute Gasteiger partial charge is 0.483 e. The summed E-state index contributed by atoms with van der Waals surface area (Å²) in [6.45, 7) is 8.88. The minimum atomic E-state index is -0.305. The number of hydrogen-bond acceptors (Lipinski definition) is 5. The molecule has 176 valence electrons. The van der Waals surface area contributed by atoms with Gasteiger partial charge in [-0.1, -0.05) is 72.5 Å². The molecule has 2 aromatic carbocycles. The van der Waals surface area contributed by atoms with Crippen LogP contribution in [0.25, 0.3) is 0 Å². The SMILES string of the molecule is CCn1c(SCC(=O)Nc2cc(Cl)c(Cl)cc2Cl)nnc1C(C)Oc1ccc(C(C)C)cc1. The van der Waals surface area contributed by atoms with Crippen molar-refractivity contribution in [3.63, 3.8) is 0 Å². The van der Waals surface area contributed by atoms with Gasteiger partial charge in [-0.3, -0.25) is 4.79 Å². The van der Waals surface area contributed by atoms with Crippen LogP contribution < -0.4 is 10.1 Å². The molecule has 1 aromatic heterocycles.